The Morgan fingerprint density at radius 3 is 2.50 bits per heavy atom. The van der Waals surface area contributed by atoms with Gasteiger partial charge in [0.15, 0.2) is 0 Å². The first-order valence-corrected chi connectivity index (χ1v) is 6.01. The third kappa shape index (κ3) is 3.20. The molecule has 1 rings (SSSR count). The van der Waals surface area contributed by atoms with E-state index < -0.39 is 0 Å². The number of methoxy groups -OCH3 is 1. The van der Waals surface area contributed by atoms with E-state index in [2.05, 4.69) is 47.4 Å². The van der Waals surface area contributed by atoms with Gasteiger partial charge >= 0.3 is 0 Å². The number of hydrogen-bond donors (Lipinski definition) is 1. The molecule has 1 N–H and O–H groups in total. The zero-order valence-electron chi connectivity index (χ0n) is 10.1. The van der Waals surface area contributed by atoms with Crippen molar-refractivity contribution in [3.8, 4) is 5.75 Å². The van der Waals surface area contributed by atoms with Crippen molar-refractivity contribution in [2.24, 2.45) is 0 Å². The quantitative estimate of drug-likeness (QED) is 0.844. The summed E-state index contributed by atoms with van der Waals surface area (Å²) in [6.45, 7) is 4.94. The highest BCUT2D eigenvalue weighted by Crippen LogP contribution is 2.31. The molecule has 4 heteroatoms. The van der Waals surface area contributed by atoms with Gasteiger partial charge in [-0.05, 0) is 23.6 Å². The van der Waals surface area contributed by atoms with Gasteiger partial charge in [0.2, 0.25) is 0 Å². The van der Waals surface area contributed by atoms with Gasteiger partial charge in [-0.2, -0.15) is 5.48 Å². The van der Waals surface area contributed by atoms with Gasteiger partial charge in [0.25, 0.3) is 0 Å². The maximum atomic E-state index is 5.37. The summed E-state index contributed by atoms with van der Waals surface area (Å²) in [4.78, 5) is 4.84. The van der Waals surface area contributed by atoms with E-state index >= 15 is 0 Å². The highest BCUT2D eigenvalue weighted by molar-refractivity contribution is 9.10. The van der Waals surface area contributed by atoms with E-state index in [-0.39, 0.29) is 0 Å². The second-order valence-corrected chi connectivity index (χ2v) is 4.72. The van der Waals surface area contributed by atoms with Crippen molar-refractivity contribution in [2.45, 2.75) is 26.3 Å². The number of ether oxygens (including phenoxy) is 1. The number of hydrogen-bond acceptors (Lipinski definition) is 3. The Labute approximate surface area is 105 Å². The zero-order valence-corrected chi connectivity index (χ0v) is 11.7. The first-order chi connectivity index (χ1) is 7.60. The molecule has 0 heterocycles. The Hall–Kier alpha value is -0.580. The molecule has 0 fully saturated rings. The van der Waals surface area contributed by atoms with Crippen LogP contribution in [0.2, 0.25) is 0 Å². The normalized spacial score (nSPS) is 10.9. The Morgan fingerprint density at radius 2 is 2.00 bits per heavy atom. The lowest BCUT2D eigenvalue weighted by molar-refractivity contribution is 0.0861. The third-order valence-electron chi connectivity index (χ3n) is 2.43. The molecule has 0 aliphatic heterocycles. The Balaban J connectivity index is 3.05. The molecule has 90 valence electrons. The largest absolute Gasteiger partial charge is 0.496 e. The Morgan fingerprint density at radius 1 is 1.31 bits per heavy atom. The summed E-state index contributed by atoms with van der Waals surface area (Å²) in [6, 6.07) is 4.14. The first-order valence-electron chi connectivity index (χ1n) is 5.22. The van der Waals surface area contributed by atoms with Crippen molar-refractivity contribution in [3.63, 3.8) is 0 Å². The van der Waals surface area contributed by atoms with Crippen LogP contribution in [0.15, 0.2) is 16.6 Å². The summed E-state index contributed by atoms with van der Waals surface area (Å²) in [5.74, 6) is 1.35. The number of rotatable bonds is 5. The average Bonchev–Trinajstić information content (AvgIpc) is 2.25. The van der Waals surface area contributed by atoms with Crippen molar-refractivity contribution in [3.05, 3.63) is 27.7 Å². The Bertz CT molecular complexity index is 353. The molecular formula is C12H18BrNO2. The lowest BCUT2D eigenvalue weighted by Crippen LogP contribution is -2.12. The van der Waals surface area contributed by atoms with Crippen LogP contribution in [0.25, 0.3) is 0 Å². The first kappa shape index (κ1) is 13.5. The molecule has 0 saturated carbocycles. The monoisotopic (exact) mass is 287 g/mol. The number of hydroxylamine groups is 1. The van der Waals surface area contributed by atoms with Gasteiger partial charge in [-0.1, -0.05) is 29.8 Å². The van der Waals surface area contributed by atoms with E-state index in [0.29, 0.717) is 12.5 Å². The van der Waals surface area contributed by atoms with Crippen LogP contribution >= 0.6 is 15.9 Å². The van der Waals surface area contributed by atoms with Gasteiger partial charge in [0.05, 0.1) is 14.2 Å². The summed E-state index contributed by atoms with van der Waals surface area (Å²) in [6.07, 6.45) is 0. The molecule has 0 spiro atoms. The van der Waals surface area contributed by atoms with Crippen molar-refractivity contribution < 1.29 is 9.57 Å². The van der Waals surface area contributed by atoms with Crippen LogP contribution in [-0.4, -0.2) is 14.2 Å². The minimum absolute atomic E-state index is 0.465. The van der Waals surface area contributed by atoms with E-state index in [4.69, 9.17) is 9.57 Å². The molecule has 1 aromatic carbocycles. The van der Waals surface area contributed by atoms with Gasteiger partial charge < -0.3 is 9.57 Å². The maximum Gasteiger partial charge on any atom is 0.123 e. The van der Waals surface area contributed by atoms with Crippen LogP contribution in [-0.2, 0) is 11.4 Å². The SMILES string of the molecule is CONCc1cc(Br)c(C(C)C)cc1OC. The van der Waals surface area contributed by atoms with E-state index in [9.17, 15) is 0 Å². The molecule has 0 aliphatic rings. The number of nitrogens with one attached hydrogen (secondary N) is 1. The van der Waals surface area contributed by atoms with Crippen molar-refractivity contribution in [1.29, 1.82) is 0 Å². The van der Waals surface area contributed by atoms with Gasteiger partial charge in [-0.15, -0.1) is 0 Å². The van der Waals surface area contributed by atoms with Crippen LogP contribution in [0.1, 0.15) is 30.9 Å². The molecule has 1 aromatic rings. The minimum Gasteiger partial charge on any atom is -0.496 e. The maximum absolute atomic E-state index is 5.37. The summed E-state index contributed by atoms with van der Waals surface area (Å²) in [5, 5.41) is 0. The summed E-state index contributed by atoms with van der Waals surface area (Å²) in [7, 11) is 3.29. The fourth-order valence-corrected chi connectivity index (χ4v) is 2.38. The van der Waals surface area contributed by atoms with Crippen LogP contribution in [0.5, 0.6) is 5.75 Å². The van der Waals surface area contributed by atoms with E-state index in [1.165, 1.54) is 5.56 Å². The molecule has 3 nitrogen and oxygen atoms in total. The average molecular weight is 288 g/mol. The molecule has 0 aromatic heterocycles. The molecule has 0 radical (unpaired) electrons. The third-order valence-corrected chi connectivity index (χ3v) is 3.12. The predicted octanol–water partition coefficient (Wildman–Crippen LogP) is 3.23. The van der Waals surface area contributed by atoms with E-state index in [1.54, 1.807) is 14.2 Å². The fraction of sp³-hybridized carbons (Fsp3) is 0.500. The van der Waals surface area contributed by atoms with Crippen LogP contribution in [0, 0.1) is 0 Å². The van der Waals surface area contributed by atoms with Crippen LogP contribution in [0.4, 0.5) is 0 Å². The molecule has 0 saturated heterocycles. The smallest absolute Gasteiger partial charge is 0.123 e. The van der Waals surface area contributed by atoms with Crippen molar-refractivity contribution >= 4 is 15.9 Å². The highest BCUT2D eigenvalue weighted by Gasteiger charge is 2.11. The van der Waals surface area contributed by atoms with Gasteiger partial charge in [0.1, 0.15) is 5.75 Å². The van der Waals surface area contributed by atoms with Gasteiger partial charge in [-0.3, -0.25) is 0 Å². The van der Waals surface area contributed by atoms with Crippen molar-refractivity contribution in [1.82, 2.24) is 5.48 Å². The fourth-order valence-electron chi connectivity index (χ4n) is 1.53. The van der Waals surface area contributed by atoms with Crippen LogP contribution < -0.4 is 10.2 Å². The molecule has 0 atom stereocenters. The molecule has 0 bridgehead atoms. The molecule has 0 unspecified atom stereocenters. The Kier molecular flexibility index (Phi) is 5.25. The van der Waals surface area contributed by atoms with E-state index in [0.717, 1.165) is 15.8 Å². The van der Waals surface area contributed by atoms with Gasteiger partial charge in [0, 0.05) is 16.6 Å². The van der Waals surface area contributed by atoms with Gasteiger partial charge in [-0.25, -0.2) is 0 Å². The highest BCUT2D eigenvalue weighted by atomic mass is 79.9. The predicted molar refractivity (Wildman–Crippen MR) is 68.6 cm³/mol. The second kappa shape index (κ2) is 6.23. The lowest BCUT2D eigenvalue weighted by atomic mass is 10.0. The van der Waals surface area contributed by atoms with Crippen molar-refractivity contribution in [2.75, 3.05) is 14.2 Å². The molecular weight excluding hydrogens is 270 g/mol. The minimum atomic E-state index is 0.465. The number of benzene rings is 1. The second-order valence-electron chi connectivity index (χ2n) is 3.87. The summed E-state index contributed by atoms with van der Waals surface area (Å²) >= 11 is 3.58. The van der Waals surface area contributed by atoms with Crippen LogP contribution in [0.3, 0.4) is 0 Å². The standard InChI is InChI=1S/C12H18BrNO2/c1-8(2)10-6-12(15-3)9(5-11(10)13)7-14-16-4/h5-6,8,14H,7H2,1-4H3. The summed E-state index contributed by atoms with van der Waals surface area (Å²) in [5.41, 5.74) is 5.13. The molecule has 0 aliphatic carbocycles. The topological polar surface area (TPSA) is 30.5 Å². The zero-order chi connectivity index (χ0) is 12.1. The molecule has 0 amide bonds. The number of halogens is 1. The van der Waals surface area contributed by atoms with E-state index in [1.807, 2.05) is 0 Å². The lowest BCUT2D eigenvalue weighted by Gasteiger charge is -2.15. The molecule has 16 heavy (non-hydrogen) atoms. The summed E-state index contributed by atoms with van der Waals surface area (Å²) < 4.78 is 6.48.